The molecule has 0 aliphatic carbocycles. The topological polar surface area (TPSA) is 46.3 Å². The first-order chi connectivity index (χ1) is 13.8. The Morgan fingerprint density at radius 2 is 1.39 bits per heavy atom. The van der Waals surface area contributed by atoms with E-state index in [1.165, 1.54) is 11.8 Å². The molecule has 0 fully saturated rings. The van der Waals surface area contributed by atoms with Crippen molar-refractivity contribution in [2.24, 2.45) is 0 Å². The highest BCUT2D eigenvalue weighted by molar-refractivity contribution is 5.91. The first-order valence-electron chi connectivity index (χ1n) is 9.15. The predicted octanol–water partition coefficient (Wildman–Crippen LogP) is 5.18. The maximum absolute atomic E-state index is 12.9. The Bertz CT molecular complexity index is 1010. The van der Waals surface area contributed by atoms with Crippen LogP contribution >= 0.6 is 0 Å². The molecule has 0 saturated carbocycles. The van der Waals surface area contributed by atoms with Gasteiger partial charge in [0.2, 0.25) is 0 Å². The summed E-state index contributed by atoms with van der Waals surface area (Å²) in [6.45, 7) is 0.986. The summed E-state index contributed by atoms with van der Waals surface area (Å²) in [5.41, 5.74) is 4.42. The lowest BCUT2D eigenvalue weighted by molar-refractivity contribution is 0.0697. The van der Waals surface area contributed by atoms with Crippen molar-refractivity contribution in [2.75, 3.05) is 0 Å². The van der Waals surface area contributed by atoms with Crippen LogP contribution in [0.25, 0.3) is 11.1 Å². The molecule has 0 N–H and O–H groups in total. The highest BCUT2D eigenvalue weighted by atomic mass is 16.3. The zero-order valence-electron chi connectivity index (χ0n) is 15.4. The van der Waals surface area contributed by atoms with Crippen LogP contribution < -0.4 is 0 Å². The van der Waals surface area contributed by atoms with Crippen LogP contribution in [0.5, 0.6) is 0 Å². The zero-order valence-corrected chi connectivity index (χ0v) is 15.4. The molecule has 0 saturated heterocycles. The number of aromatic nitrogens is 1. The number of hydrogen-bond donors (Lipinski definition) is 0. The molecule has 0 radical (unpaired) electrons. The summed E-state index contributed by atoms with van der Waals surface area (Å²) in [7, 11) is 0. The van der Waals surface area contributed by atoms with Gasteiger partial charge in [0.05, 0.1) is 6.26 Å². The first kappa shape index (κ1) is 17.7. The number of benzene rings is 2. The summed E-state index contributed by atoms with van der Waals surface area (Å²) >= 11 is 0. The molecule has 1 amide bonds. The van der Waals surface area contributed by atoms with Gasteiger partial charge in [0.15, 0.2) is 5.76 Å². The van der Waals surface area contributed by atoms with Gasteiger partial charge >= 0.3 is 0 Å². The van der Waals surface area contributed by atoms with E-state index in [1.54, 1.807) is 29.4 Å². The van der Waals surface area contributed by atoms with Gasteiger partial charge in [0, 0.05) is 25.5 Å². The van der Waals surface area contributed by atoms with Gasteiger partial charge in [-0.15, -0.1) is 0 Å². The van der Waals surface area contributed by atoms with Crippen LogP contribution in [0.1, 0.15) is 21.7 Å². The van der Waals surface area contributed by atoms with Gasteiger partial charge in [0.1, 0.15) is 0 Å². The minimum Gasteiger partial charge on any atom is -0.459 e. The molecule has 0 atom stereocenters. The van der Waals surface area contributed by atoms with E-state index in [-0.39, 0.29) is 5.91 Å². The second-order valence-electron chi connectivity index (χ2n) is 6.56. The highest BCUT2D eigenvalue weighted by Crippen LogP contribution is 2.21. The Balaban J connectivity index is 1.55. The monoisotopic (exact) mass is 368 g/mol. The average molecular weight is 368 g/mol. The van der Waals surface area contributed by atoms with E-state index < -0.39 is 0 Å². The van der Waals surface area contributed by atoms with E-state index in [4.69, 9.17) is 4.42 Å². The number of carbonyl (C=O) groups is 1. The summed E-state index contributed by atoms with van der Waals surface area (Å²) in [5, 5.41) is 0. The molecule has 28 heavy (non-hydrogen) atoms. The van der Waals surface area contributed by atoms with Crippen LogP contribution in [-0.4, -0.2) is 15.8 Å². The fourth-order valence-corrected chi connectivity index (χ4v) is 3.12. The largest absolute Gasteiger partial charge is 0.459 e. The van der Waals surface area contributed by atoms with Crippen molar-refractivity contribution in [1.82, 2.24) is 9.88 Å². The lowest BCUT2D eigenvalue weighted by Crippen LogP contribution is -2.29. The van der Waals surface area contributed by atoms with E-state index in [9.17, 15) is 4.79 Å². The number of amides is 1. The second kappa shape index (κ2) is 8.35. The van der Waals surface area contributed by atoms with Gasteiger partial charge in [0.25, 0.3) is 5.91 Å². The molecule has 2 heterocycles. The third kappa shape index (κ3) is 4.18. The lowest BCUT2D eigenvalue weighted by atomic mass is 10.0. The van der Waals surface area contributed by atoms with Crippen LogP contribution in [-0.2, 0) is 13.1 Å². The summed E-state index contributed by atoms with van der Waals surface area (Å²) in [6.07, 6.45) is 4.99. The molecule has 4 aromatic rings. The Morgan fingerprint density at radius 1 is 0.750 bits per heavy atom. The normalized spacial score (nSPS) is 10.6. The van der Waals surface area contributed by atoms with Gasteiger partial charge in [-0.1, -0.05) is 54.6 Å². The van der Waals surface area contributed by atoms with Crippen molar-refractivity contribution < 1.29 is 9.21 Å². The number of pyridine rings is 1. The molecule has 138 valence electrons. The van der Waals surface area contributed by atoms with Crippen LogP contribution in [0.15, 0.2) is 102 Å². The first-order valence-corrected chi connectivity index (χ1v) is 9.15. The van der Waals surface area contributed by atoms with E-state index in [2.05, 4.69) is 41.4 Å². The van der Waals surface area contributed by atoms with Crippen molar-refractivity contribution >= 4 is 5.91 Å². The van der Waals surface area contributed by atoms with Crippen molar-refractivity contribution in [1.29, 1.82) is 0 Å². The predicted molar refractivity (Wildman–Crippen MR) is 108 cm³/mol. The molecule has 4 heteroatoms. The Morgan fingerprint density at radius 3 is 2.04 bits per heavy atom. The molecule has 0 aliphatic rings. The van der Waals surface area contributed by atoms with Gasteiger partial charge in [-0.25, -0.2) is 0 Å². The SMILES string of the molecule is O=C(c1ccco1)N(Cc1ccncc1)Cc1ccc(-c2ccccc2)cc1. The molecular weight excluding hydrogens is 348 g/mol. The molecule has 2 aromatic carbocycles. The number of carbonyl (C=O) groups excluding carboxylic acids is 1. The highest BCUT2D eigenvalue weighted by Gasteiger charge is 2.19. The third-order valence-corrected chi connectivity index (χ3v) is 4.58. The van der Waals surface area contributed by atoms with Crippen molar-refractivity contribution in [2.45, 2.75) is 13.1 Å². The standard InChI is InChI=1S/C24H20N2O2/c27-24(23-7-4-16-28-23)26(18-20-12-14-25-15-13-20)17-19-8-10-22(11-9-19)21-5-2-1-3-6-21/h1-16H,17-18H2. The van der Waals surface area contributed by atoms with Crippen molar-refractivity contribution in [3.63, 3.8) is 0 Å². The summed E-state index contributed by atoms with van der Waals surface area (Å²) in [5.74, 6) is 0.212. The number of furan rings is 1. The van der Waals surface area contributed by atoms with Crippen LogP contribution in [0.4, 0.5) is 0 Å². The second-order valence-corrected chi connectivity index (χ2v) is 6.56. The Kier molecular flexibility index (Phi) is 5.29. The fourth-order valence-electron chi connectivity index (χ4n) is 3.12. The summed E-state index contributed by atoms with van der Waals surface area (Å²) in [6, 6.07) is 25.8. The van der Waals surface area contributed by atoms with Crippen molar-refractivity contribution in [3.8, 4) is 11.1 Å². The number of hydrogen-bond acceptors (Lipinski definition) is 3. The quantitative estimate of drug-likeness (QED) is 0.471. The Hall–Kier alpha value is -3.66. The molecule has 4 nitrogen and oxygen atoms in total. The minimum absolute atomic E-state index is 0.131. The fraction of sp³-hybridized carbons (Fsp3) is 0.0833. The molecule has 4 rings (SSSR count). The van der Waals surface area contributed by atoms with E-state index in [0.29, 0.717) is 18.8 Å². The van der Waals surface area contributed by atoms with Crippen LogP contribution in [0.3, 0.4) is 0 Å². The molecule has 2 aromatic heterocycles. The van der Waals surface area contributed by atoms with E-state index in [1.807, 2.05) is 30.3 Å². The third-order valence-electron chi connectivity index (χ3n) is 4.58. The molecular formula is C24H20N2O2. The molecule has 0 unspecified atom stereocenters. The van der Waals surface area contributed by atoms with Gasteiger partial charge in [-0.2, -0.15) is 0 Å². The van der Waals surface area contributed by atoms with Crippen LogP contribution in [0.2, 0.25) is 0 Å². The lowest BCUT2D eigenvalue weighted by Gasteiger charge is -2.22. The maximum Gasteiger partial charge on any atom is 0.290 e. The van der Waals surface area contributed by atoms with Crippen LogP contribution in [0, 0.1) is 0 Å². The van der Waals surface area contributed by atoms with Gasteiger partial charge < -0.3 is 9.32 Å². The molecule has 0 spiro atoms. The summed E-state index contributed by atoms with van der Waals surface area (Å²) in [4.78, 5) is 18.8. The molecule has 0 aliphatic heterocycles. The Labute approximate surface area is 164 Å². The minimum atomic E-state index is -0.131. The van der Waals surface area contributed by atoms with Gasteiger partial charge in [-0.3, -0.25) is 9.78 Å². The number of nitrogens with zero attached hydrogens (tertiary/aromatic N) is 2. The summed E-state index contributed by atoms with van der Waals surface area (Å²) < 4.78 is 5.33. The van der Waals surface area contributed by atoms with Gasteiger partial charge in [-0.05, 0) is 46.5 Å². The average Bonchev–Trinajstić information content (AvgIpc) is 3.30. The maximum atomic E-state index is 12.9. The van der Waals surface area contributed by atoms with E-state index >= 15 is 0 Å². The zero-order chi connectivity index (χ0) is 19.2. The smallest absolute Gasteiger partial charge is 0.290 e. The molecule has 0 bridgehead atoms. The van der Waals surface area contributed by atoms with Crippen molar-refractivity contribution in [3.05, 3.63) is 114 Å². The van der Waals surface area contributed by atoms with E-state index in [0.717, 1.165) is 16.7 Å². The number of rotatable bonds is 6.